The number of carbonyl (C=O) groups is 2. The fraction of sp³-hybridized carbons (Fsp3) is 0.212. The lowest BCUT2D eigenvalue weighted by Crippen LogP contribution is -2.31. The normalized spacial score (nSPS) is 19.6. The lowest BCUT2D eigenvalue weighted by atomic mass is 9.77. The van der Waals surface area contributed by atoms with Gasteiger partial charge in [-0.15, -0.1) is 0 Å². The molecular weight excluding hydrogens is 444 g/mol. The van der Waals surface area contributed by atoms with Gasteiger partial charge in [-0.2, -0.15) is 0 Å². The van der Waals surface area contributed by atoms with E-state index in [1.807, 2.05) is 85.0 Å². The number of hydrogen-bond donors (Lipinski definition) is 0. The number of allylic oxidation sites excluding steroid dienone is 4. The maximum Gasteiger partial charge on any atom is 0.167 e. The molecule has 0 fully saturated rings. The molecule has 0 amide bonds. The second kappa shape index (κ2) is 11.2. The second-order valence-corrected chi connectivity index (χ2v) is 9.51. The zero-order valence-electron chi connectivity index (χ0n) is 20.3. The fourth-order valence-corrected chi connectivity index (χ4v) is 5.06. The average Bonchev–Trinajstić information content (AvgIpc) is 2.92. The van der Waals surface area contributed by atoms with Gasteiger partial charge < -0.3 is 4.74 Å². The number of ether oxygens (including phenoxy) is 1. The predicted octanol–water partition coefficient (Wildman–Crippen LogP) is 7.02. The van der Waals surface area contributed by atoms with Crippen molar-refractivity contribution in [2.75, 3.05) is 0 Å². The summed E-state index contributed by atoms with van der Waals surface area (Å²) < 4.78 is 6.35. The van der Waals surface area contributed by atoms with E-state index in [2.05, 4.69) is 24.3 Å². The highest BCUT2D eigenvalue weighted by Crippen LogP contribution is 2.42. The third-order valence-electron chi connectivity index (χ3n) is 6.87. The van der Waals surface area contributed by atoms with Gasteiger partial charge in [0, 0.05) is 30.8 Å². The van der Waals surface area contributed by atoms with Crippen LogP contribution in [0.2, 0.25) is 0 Å². The number of Topliss-reactive ketones (excluding diaryl/α,β-unsaturated/α-hetero) is 2. The first-order valence-electron chi connectivity index (χ1n) is 12.6. The van der Waals surface area contributed by atoms with Gasteiger partial charge in [-0.25, -0.2) is 0 Å². The molecule has 5 rings (SSSR count). The first-order valence-corrected chi connectivity index (χ1v) is 12.6. The molecule has 1 heterocycles. The van der Waals surface area contributed by atoms with Crippen LogP contribution in [-0.4, -0.2) is 17.7 Å². The largest absolute Gasteiger partial charge is 0.489 e. The Morgan fingerprint density at radius 3 is 2.25 bits per heavy atom. The summed E-state index contributed by atoms with van der Waals surface area (Å²) in [5.41, 5.74) is 5.01. The van der Waals surface area contributed by atoms with E-state index in [1.165, 1.54) is 5.56 Å². The summed E-state index contributed by atoms with van der Waals surface area (Å²) in [7, 11) is 0. The van der Waals surface area contributed by atoms with E-state index in [4.69, 9.17) is 4.74 Å². The number of rotatable bonds is 8. The van der Waals surface area contributed by atoms with Gasteiger partial charge in [-0.05, 0) is 41.2 Å². The van der Waals surface area contributed by atoms with Gasteiger partial charge in [0.1, 0.15) is 17.6 Å². The van der Waals surface area contributed by atoms with Crippen LogP contribution in [0.25, 0.3) is 6.08 Å². The van der Waals surface area contributed by atoms with Crippen molar-refractivity contribution in [3.63, 3.8) is 0 Å². The third-order valence-corrected chi connectivity index (χ3v) is 6.87. The van der Waals surface area contributed by atoms with E-state index in [1.54, 1.807) is 0 Å². The van der Waals surface area contributed by atoms with Crippen molar-refractivity contribution in [1.82, 2.24) is 0 Å². The van der Waals surface area contributed by atoms with Crippen LogP contribution in [0.5, 0.6) is 0 Å². The van der Waals surface area contributed by atoms with Crippen LogP contribution in [-0.2, 0) is 20.7 Å². The van der Waals surface area contributed by atoms with Crippen molar-refractivity contribution >= 4 is 17.6 Å². The molecular formula is C33H30O3. The van der Waals surface area contributed by atoms with Crippen molar-refractivity contribution in [2.45, 2.75) is 44.1 Å². The van der Waals surface area contributed by atoms with E-state index in [0.29, 0.717) is 31.4 Å². The molecule has 3 aromatic carbocycles. The summed E-state index contributed by atoms with van der Waals surface area (Å²) >= 11 is 0. The van der Waals surface area contributed by atoms with Crippen molar-refractivity contribution < 1.29 is 14.3 Å². The van der Waals surface area contributed by atoms with E-state index < -0.39 is 0 Å². The Balaban J connectivity index is 1.37. The molecule has 2 atom stereocenters. The van der Waals surface area contributed by atoms with Crippen LogP contribution in [0, 0.1) is 0 Å². The first kappa shape index (κ1) is 23.7. The fourth-order valence-electron chi connectivity index (χ4n) is 5.06. The maximum atomic E-state index is 13.3. The highest BCUT2D eigenvalue weighted by atomic mass is 16.5. The number of benzene rings is 3. The molecule has 0 saturated carbocycles. The van der Waals surface area contributed by atoms with Crippen LogP contribution >= 0.6 is 0 Å². The Labute approximate surface area is 212 Å². The number of ketones is 2. The second-order valence-electron chi connectivity index (χ2n) is 9.51. The monoisotopic (exact) mass is 474 g/mol. The summed E-state index contributed by atoms with van der Waals surface area (Å²) in [6, 6.07) is 30.2. The Kier molecular flexibility index (Phi) is 7.37. The van der Waals surface area contributed by atoms with Gasteiger partial charge in [0.25, 0.3) is 0 Å². The molecule has 0 bridgehead atoms. The van der Waals surface area contributed by atoms with Crippen molar-refractivity contribution in [3.05, 3.63) is 137 Å². The third kappa shape index (κ3) is 5.80. The van der Waals surface area contributed by atoms with E-state index in [0.717, 1.165) is 28.7 Å². The molecule has 0 saturated heterocycles. The van der Waals surface area contributed by atoms with Crippen molar-refractivity contribution in [2.24, 2.45) is 0 Å². The summed E-state index contributed by atoms with van der Waals surface area (Å²) in [5, 5.41) is 0. The summed E-state index contributed by atoms with van der Waals surface area (Å²) in [6.45, 7) is 0. The SMILES string of the molecule is O=C(CCc1ccccc1)C[C@@H]1C[C@@H](c2ccccc2)C2=C(C=C(/C=C/c3ccccc3)CC2=O)O1. The Hall–Kier alpha value is -3.98. The molecule has 1 aliphatic heterocycles. The highest BCUT2D eigenvalue weighted by Gasteiger charge is 2.37. The molecule has 2 aliphatic rings. The molecule has 1 aliphatic carbocycles. The first-order chi connectivity index (χ1) is 17.7. The van der Waals surface area contributed by atoms with E-state index in [-0.39, 0.29) is 23.6 Å². The Bertz CT molecular complexity index is 1300. The molecule has 3 nitrogen and oxygen atoms in total. The molecule has 0 unspecified atom stereocenters. The molecule has 0 aromatic heterocycles. The maximum absolute atomic E-state index is 13.3. The van der Waals surface area contributed by atoms with Gasteiger partial charge in [-0.3, -0.25) is 9.59 Å². The molecule has 3 heteroatoms. The number of aryl methyl sites for hydroxylation is 1. The minimum Gasteiger partial charge on any atom is -0.489 e. The predicted molar refractivity (Wildman–Crippen MR) is 143 cm³/mol. The van der Waals surface area contributed by atoms with Crippen molar-refractivity contribution in [3.8, 4) is 0 Å². The number of hydrogen-bond acceptors (Lipinski definition) is 3. The van der Waals surface area contributed by atoms with Crippen LogP contribution < -0.4 is 0 Å². The number of carbonyl (C=O) groups excluding carboxylic acids is 2. The summed E-state index contributed by atoms with van der Waals surface area (Å²) in [6.07, 6.45) is 8.32. The Morgan fingerprint density at radius 1 is 0.861 bits per heavy atom. The molecule has 36 heavy (non-hydrogen) atoms. The molecule has 0 N–H and O–H groups in total. The summed E-state index contributed by atoms with van der Waals surface area (Å²) in [5.74, 6) is 0.850. The van der Waals surface area contributed by atoms with Gasteiger partial charge in [0.2, 0.25) is 0 Å². The standard InChI is InChI=1S/C33H30O3/c34-28(19-18-25-12-6-2-7-13-25)22-29-23-30(27-14-8-3-9-15-27)33-31(35)20-26(21-32(33)36-29)17-16-24-10-4-1-5-11-24/h1-17,21,29-30H,18-20,22-23H2/b17-16+/t29-,30+/m1/s1. The van der Waals surface area contributed by atoms with Gasteiger partial charge >= 0.3 is 0 Å². The van der Waals surface area contributed by atoms with Crippen LogP contribution in [0.1, 0.15) is 48.3 Å². The van der Waals surface area contributed by atoms with Crippen molar-refractivity contribution in [1.29, 1.82) is 0 Å². The Morgan fingerprint density at radius 2 is 1.53 bits per heavy atom. The molecule has 0 spiro atoms. The zero-order chi connectivity index (χ0) is 24.7. The van der Waals surface area contributed by atoms with E-state index in [9.17, 15) is 9.59 Å². The zero-order valence-corrected chi connectivity index (χ0v) is 20.3. The van der Waals surface area contributed by atoms with Gasteiger partial charge in [0.15, 0.2) is 5.78 Å². The van der Waals surface area contributed by atoms with Crippen LogP contribution in [0.15, 0.2) is 120 Å². The highest BCUT2D eigenvalue weighted by molar-refractivity contribution is 6.01. The van der Waals surface area contributed by atoms with E-state index >= 15 is 0 Å². The van der Waals surface area contributed by atoms with Crippen LogP contribution in [0.4, 0.5) is 0 Å². The lowest BCUT2D eigenvalue weighted by molar-refractivity contribution is -0.121. The molecule has 0 radical (unpaired) electrons. The molecule has 3 aromatic rings. The minimum atomic E-state index is -0.251. The quantitative estimate of drug-likeness (QED) is 0.352. The van der Waals surface area contributed by atoms with Gasteiger partial charge in [0.05, 0.1) is 0 Å². The molecule has 180 valence electrons. The smallest absolute Gasteiger partial charge is 0.167 e. The average molecular weight is 475 g/mol. The minimum absolute atomic E-state index is 0.0646. The topological polar surface area (TPSA) is 43.4 Å². The lowest BCUT2D eigenvalue weighted by Gasteiger charge is -2.35. The van der Waals surface area contributed by atoms with Crippen LogP contribution in [0.3, 0.4) is 0 Å². The summed E-state index contributed by atoms with van der Waals surface area (Å²) in [4.78, 5) is 26.2. The van der Waals surface area contributed by atoms with Gasteiger partial charge in [-0.1, -0.05) is 103 Å².